The predicted octanol–water partition coefficient (Wildman–Crippen LogP) is 1.76. The van der Waals surface area contributed by atoms with Gasteiger partial charge in [-0.05, 0) is 18.8 Å². The topological polar surface area (TPSA) is 32.8 Å². The molecule has 0 saturated carbocycles. The molecule has 0 aromatic carbocycles. The molecule has 0 aromatic rings. The molecule has 7 heteroatoms. The smallest absolute Gasteiger partial charge is 0.383 e. The standard InChI is InChI=1S/C13H23F3N2O2/c1-11-4-3-5-18(8-11)12(19)9-17(6-7-20-2)10-13(14,15)16/h11H,3-10H2,1-2H3. The van der Waals surface area contributed by atoms with Crippen molar-refractivity contribution in [1.29, 1.82) is 0 Å². The lowest BCUT2D eigenvalue weighted by Crippen LogP contribution is -2.47. The van der Waals surface area contributed by atoms with Crippen molar-refractivity contribution in [2.45, 2.75) is 25.9 Å². The fourth-order valence-corrected chi connectivity index (χ4v) is 2.40. The zero-order valence-electron chi connectivity index (χ0n) is 12.1. The van der Waals surface area contributed by atoms with Gasteiger partial charge in [-0.2, -0.15) is 13.2 Å². The van der Waals surface area contributed by atoms with Crippen LogP contribution in [0.1, 0.15) is 19.8 Å². The van der Waals surface area contributed by atoms with E-state index in [1.54, 1.807) is 4.90 Å². The molecule has 0 aliphatic carbocycles. The number of halogens is 3. The van der Waals surface area contributed by atoms with E-state index in [0.717, 1.165) is 17.7 Å². The lowest BCUT2D eigenvalue weighted by atomic mass is 10.0. The highest BCUT2D eigenvalue weighted by Crippen LogP contribution is 2.18. The number of piperidine rings is 1. The van der Waals surface area contributed by atoms with Gasteiger partial charge in [-0.1, -0.05) is 6.92 Å². The minimum absolute atomic E-state index is 0.102. The summed E-state index contributed by atoms with van der Waals surface area (Å²) in [5, 5.41) is 0. The number of hydrogen-bond donors (Lipinski definition) is 0. The molecule has 1 rings (SSSR count). The maximum Gasteiger partial charge on any atom is 0.401 e. The van der Waals surface area contributed by atoms with Gasteiger partial charge in [0, 0.05) is 26.7 Å². The SMILES string of the molecule is COCCN(CC(=O)N1CCCC(C)C1)CC(F)(F)F. The highest BCUT2D eigenvalue weighted by atomic mass is 19.4. The number of rotatable bonds is 6. The molecule has 0 bridgehead atoms. The van der Waals surface area contributed by atoms with Gasteiger partial charge in [-0.3, -0.25) is 9.69 Å². The predicted molar refractivity (Wildman–Crippen MR) is 69.3 cm³/mol. The van der Waals surface area contributed by atoms with Gasteiger partial charge in [0.25, 0.3) is 0 Å². The number of ether oxygens (including phenoxy) is 1. The van der Waals surface area contributed by atoms with Crippen LogP contribution in [0.3, 0.4) is 0 Å². The van der Waals surface area contributed by atoms with Crippen LogP contribution < -0.4 is 0 Å². The van der Waals surface area contributed by atoms with E-state index in [1.807, 2.05) is 0 Å². The third-order valence-electron chi connectivity index (χ3n) is 3.38. The van der Waals surface area contributed by atoms with Gasteiger partial charge in [0.05, 0.1) is 19.7 Å². The van der Waals surface area contributed by atoms with E-state index < -0.39 is 12.7 Å². The highest BCUT2D eigenvalue weighted by molar-refractivity contribution is 5.78. The summed E-state index contributed by atoms with van der Waals surface area (Å²) in [6, 6.07) is 0. The third kappa shape index (κ3) is 6.56. The zero-order valence-corrected chi connectivity index (χ0v) is 12.1. The molecule has 0 aromatic heterocycles. The van der Waals surface area contributed by atoms with Gasteiger partial charge >= 0.3 is 6.18 Å². The van der Waals surface area contributed by atoms with Gasteiger partial charge in [0.15, 0.2) is 0 Å². The number of amides is 1. The molecular weight excluding hydrogens is 273 g/mol. The Hall–Kier alpha value is -0.820. The molecule has 1 fully saturated rings. The Morgan fingerprint density at radius 2 is 2.15 bits per heavy atom. The second kappa shape index (κ2) is 7.83. The van der Waals surface area contributed by atoms with E-state index in [4.69, 9.17) is 4.74 Å². The molecule has 1 saturated heterocycles. The summed E-state index contributed by atoms with van der Waals surface area (Å²) in [5.41, 5.74) is 0. The van der Waals surface area contributed by atoms with E-state index in [0.29, 0.717) is 19.0 Å². The average molecular weight is 296 g/mol. The minimum Gasteiger partial charge on any atom is -0.383 e. The van der Waals surface area contributed by atoms with E-state index in [1.165, 1.54) is 7.11 Å². The van der Waals surface area contributed by atoms with Crippen molar-refractivity contribution in [3.63, 3.8) is 0 Å². The fourth-order valence-electron chi connectivity index (χ4n) is 2.40. The largest absolute Gasteiger partial charge is 0.401 e. The van der Waals surface area contributed by atoms with Gasteiger partial charge in [-0.15, -0.1) is 0 Å². The van der Waals surface area contributed by atoms with Gasteiger partial charge < -0.3 is 9.64 Å². The number of likely N-dealkylation sites (tertiary alicyclic amines) is 1. The van der Waals surface area contributed by atoms with Crippen LogP contribution in [0.5, 0.6) is 0 Å². The van der Waals surface area contributed by atoms with Crippen LogP contribution >= 0.6 is 0 Å². The van der Waals surface area contributed by atoms with Crippen molar-refractivity contribution in [3.05, 3.63) is 0 Å². The second-order valence-corrected chi connectivity index (χ2v) is 5.41. The number of carbonyl (C=O) groups is 1. The molecule has 1 atom stereocenters. The number of alkyl halides is 3. The van der Waals surface area contributed by atoms with Crippen LogP contribution in [0.2, 0.25) is 0 Å². The summed E-state index contributed by atoms with van der Waals surface area (Å²) < 4.78 is 42.2. The van der Waals surface area contributed by atoms with Crippen LogP contribution in [-0.4, -0.2) is 68.3 Å². The summed E-state index contributed by atoms with van der Waals surface area (Å²) >= 11 is 0. The Morgan fingerprint density at radius 3 is 2.70 bits per heavy atom. The zero-order chi connectivity index (χ0) is 15.2. The number of nitrogens with zero attached hydrogens (tertiary/aromatic N) is 2. The monoisotopic (exact) mass is 296 g/mol. The molecule has 4 nitrogen and oxygen atoms in total. The molecule has 0 N–H and O–H groups in total. The first kappa shape index (κ1) is 17.2. The average Bonchev–Trinajstić information content (AvgIpc) is 2.34. The summed E-state index contributed by atoms with van der Waals surface area (Å²) in [6.07, 6.45) is -2.31. The van der Waals surface area contributed by atoms with E-state index in [-0.39, 0.29) is 25.6 Å². The Kier molecular flexibility index (Phi) is 6.75. The molecular formula is C13H23F3N2O2. The van der Waals surface area contributed by atoms with Crippen molar-refractivity contribution >= 4 is 5.91 Å². The van der Waals surface area contributed by atoms with Crippen molar-refractivity contribution in [2.75, 3.05) is 46.4 Å². The van der Waals surface area contributed by atoms with E-state index >= 15 is 0 Å². The van der Waals surface area contributed by atoms with Crippen LogP contribution in [0, 0.1) is 5.92 Å². The quantitative estimate of drug-likeness (QED) is 0.749. The molecule has 1 amide bonds. The van der Waals surface area contributed by atoms with Gasteiger partial charge in [0.1, 0.15) is 0 Å². The molecule has 0 spiro atoms. The molecule has 1 aliphatic heterocycles. The van der Waals surface area contributed by atoms with Crippen molar-refractivity contribution in [3.8, 4) is 0 Å². The maximum absolute atomic E-state index is 12.5. The summed E-state index contributed by atoms with van der Waals surface area (Å²) in [4.78, 5) is 14.9. The Labute approximate surface area is 117 Å². The Bertz CT molecular complexity index is 310. The van der Waals surface area contributed by atoms with E-state index in [2.05, 4.69) is 6.92 Å². The molecule has 118 valence electrons. The van der Waals surface area contributed by atoms with Gasteiger partial charge in [-0.25, -0.2) is 0 Å². The maximum atomic E-state index is 12.5. The summed E-state index contributed by atoms with van der Waals surface area (Å²) in [7, 11) is 1.43. The minimum atomic E-state index is -4.30. The molecule has 1 aliphatic rings. The number of carbonyl (C=O) groups excluding carboxylic acids is 1. The molecule has 20 heavy (non-hydrogen) atoms. The highest BCUT2D eigenvalue weighted by Gasteiger charge is 2.32. The first-order chi connectivity index (χ1) is 9.31. The second-order valence-electron chi connectivity index (χ2n) is 5.41. The third-order valence-corrected chi connectivity index (χ3v) is 3.38. The van der Waals surface area contributed by atoms with Crippen molar-refractivity contribution in [1.82, 2.24) is 9.80 Å². The normalized spacial score (nSPS) is 20.5. The van der Waals surface area contributed by atoms with Crippen LogP contribution in [0.4, 0.5) is 13.2 Å². The number of hydrogen-bond acceptors (Lipinski definition) is 3. The molecule has 0 radical (unpaired) electrons. The molecule has 1 unspecified atom stereocenters. The lowest BCUT2D eigenvalue weighted by molar-refractivity contribution is -0.153. The van der Waals surface area contributed by atoms with Crippen LogP contribution in [0.25, 0.3) is 0 Å². The summed E-state index contributed by atoms with van der Waals surface area (Å²) in [5.74, 6) is 0.194. The first-order valence-corrected chi connectivity index (χ1v) is 6.87. The van der Waals surface area contributed by atoms with Crippen molar-refractivity contribution in [2.24, 2.45) is 5.92 Å². The molecule has 1 heterocycles. The van der Waals surface area contributed by atoms with E-state index in [9.17, 15) is 18.0 Å². The first-order valence-electron chi connectivity index (χ1n) is 6.87. The van der Waals surface area contributed by atoms with Crippen LogP contribution in [-0.2, 0) is 9.53 Å². The Morgan fingerprint density at radius 1 is 1.45 bits per heavy atom. The van der Waals surface area contributed by atoms with Crippen LogP contribution in [0.15, 0.2) is 0 Å². The number of methoxy groups -OCH3 is 1. The lowest BCUT2D eigenvalue weighted by Gasteiger charge is -2.33. The summed E-state index contributed by atoms with van der Waals surface area (Å²) in [6.45, 7) is 2.35. The van der Waals surface area contributed by atoms with Gasteiger partial charge in [0.2, 0.25) is 5.91 Å². The fraction of sp³-hybridized carbons (Fsp3) is 0.923. The Balaban J connectivity index is 2.51. The van der Waals surface area contributed by atoms with Crippen molar-refractivity contribution < 1.29 is 22.7 Å².